The molecule has 0 radical (unpaired) electrons. The van der Waals surface area contributed by atoms with E-state index in [0.29, 0.717) is 16.6 Å². The van der Waals surface area contributed by atoms with Crippen LogP contribution in [0.15, 0.2) is 24.3 Å². The Kier molecular flexibility index (Phi) is 2.60. The van der Waals surface area contributed by atoms with E-state index in [4.69, 9.17) is 5.11 Å². The van der Waals surface area contributed by atoms with Crippen LogP contribution in [-0.4, -0.2) is 25.8 Å². The van der Waals surface area contributed by atoms with Crippen LogP contribution in [0.3, 0.4) is 0 Å². The monoisotopic (exact) mass is 273 g/mol. The summed E-state index contributed by atoms with van der Waals surface area (Å²) in [5, 5.41) is 16.1. The lowest BCUT2D eigenvalue weighted by Gasteiger charge is -1.99. The van der Waals surface area contributed by atoms with E-state index in [1.807, 2.05) is 6.92 Å². The summed E-state index contributed by atoms with van der Waals surface area (Å²) in [6.45, 7) is 1.85. The summed E-state index contributed by atoms with van der Waals surface area (Å²) in [7, 11) is 1.77. The van der Waals surface area contributed by atoms with Crippen LogP contribution in [0.2, 0.25) is 0 Å². The van der Waals surface area contributed by atoms with Gasteiger partial charge in [-0.15, -0.1) is 0 Å². The molecule has 2 heterocycles. The average molecular weight is 273 g/mol. The maximum atomic E-state index is 13.9. The molecule has 6 heteroatoms. The lowest BCUT2D eigenvalue weighted by molar-refractivity contribution is 0.0690. The zero-order valence-corrected chi connectivity index (χ0v) is 10.9. The number of hydrogen-bond acceptors (Lipinski definition) is 2. The summed E-state index contributed by atoms with van der Waals surface area (Å²) in [5.41, 5.74) is 2.56. The third-order valence-corrected chi connectivity index (χ3v) is 3.52. The first-order chi connectivity index (χ1) is 9.50. The number of nitrogens with one attached hydrogen (secondary N) is 1. The van der Waals surface area contributed by atoms with Gasteiger partial charge in [0.1, 0.15) is 11.5 Å². The maximum Gasteiger partial charge on any atom is 0.353 e. The summed E-state index contributed by atoms with van der Waals surface area (Å²) in [6, 6.07) is 6.29. The second-order valence-corrected chi connectivity index (χ2v) is 4.63. The first-order valence-corrected chi connectivity index (χ1v) is 6.03. The van der Waals surface area contributed by atoms with Crippen molar-refractivity contribution >= 4 is 16.9 Å². The van der Waals surface area contributed by atoms with E-state index in [9.17, 15) is 9.18 Å². The third-order valence-electron chi connectivity index (χ3n) is 3.52. The zero-order valence-electron chi connectivity index (χ0n) is 10.9. The molecule has 0 saturated carbocycles. The number of nitrogens with zero attached hydrogens (tertiary/aromatic N) is 2. The van der Waals surface area contributed by atoms with Crippen molar-refractivity contribution in [3.63, 3.8) is 0 Å². The van der Waals surface area contributed by atoms with Gasteiger partial charge in [-0.05, 0) is 19.1 Å². The number of aromatic carboxylic acids is 1. The van der Waals surface area contributed by atoms with E-state index < -0.39 is 5.97 Å². The molecule has 0 fully saturated rings. The number of hydrogen-bond donors (Lipinski definition) is 2. The minimum Gasteiger partial charge on any atom is -0.477 e. The van der Waals surface area contributed by atoms with Crippen molar-refractivity contribution in [2.24, 2.45) is 7.05 Å². The standard InChI is InChI=1S/C14H12FN3O2/c1-7-12(10-6-11(14(19)20)17-16-10)8-4-3-5-9(15)13(8)18(7)2/h3-6H,1-2H3,(H,16,17)(H,19,20). The molecule has 0 unspecified atom stereocenters. The van der Waals surface area contributed by atoms with Gasteiger partial charge in [-0.1, -0.05) is 12.1 Å². The second kappa shape index (κ2) is 4.19. The summed E-state index contributed by atoms with van der Waals surface area (Å²) in [6.07, 6.45) is 0. The summed E-state index contributed by atoms with van der Waals surface area (Å²) < 4.78 is 15.7. The Balaban J connectivity index is 2.33. The van der Waals surface area contributed by atoms with Gasteiger partial charge < -0.3 is 9.67 Å². The molecule has 3 rings (SSSR count). The highest BCUT2D eigenvalue weighted by molar-refractivity contribution is 5.98. The topological polar surface area (TPSA) is 70.9 Å². The Hall–Kier alpha value is -2.63. The molecular weight excluding hydrogens is 261 g/mol. The Morgan fingerprint density at radius 1 is 1.45 bits per heavy atom. The van der Waals surface area contributed by atoms with E-state index in [1.165, 1.54) is 12.1 Å². The van der Waals surface area contributed by atoms with Crippen LogP contribution < -0.4 is 0 Å². The molecule has 0 spiro atoms. The van der Waals surface area contributed by atoms with Gasteiger partial charge in [0.2, 0.25) is 0 Å². The number of H-pyrrole nitrogens is 1. The van der Waals surface area contributed by atoms with Crippen molar-refractivity contribution in [3.05, 3.63) is 41.5 Å². The van der Waals surface area contributed by atoms with Crippen LogP contribution in [0.5, 0.6) is 0 Å². The minimum atomic E-state index is -1.08. The number of aromatic amines is 1. The van der Waals surface area contributed by atoms with E-state index in [0.717, 1.165) is 11.3 Å². The van der Waals surface area contributed by atoms with E-state index in [-0.39, 0.29) is 11.5 Å². The molecule has 3 aromatic rings. The molecule has 2 N–H and O–H groups in total. The number of fused-ring (bicyclic) bond motifs is 1. The molecule has 0 atom stereocenters. The number of benzene rings is 1. The third kappa shape index (κ3) is 1.61. The molecule has 102 valence electrons. The Labute approximate surface area is 113 Å². The van der Waals surface area contributed by atoms with Crippen molar-refractivity contribution in [2.45, 2.75) is 6.92 Å². The Morgan fingerprint density at radius 2 is 2.20 bits per heavy atom. The molecular formula is C14H12FN3O2. The Bertz CT molecular complexity index is 832. The van der Waals surface area contributed by atoms with E-state index in [1.54, 1.807) is 23.7 Å². The number of halogens is 1. The molecule has 1 aromatic carbocycles. The van der Waals surface area contributed by atoms with Gasteiger partial charge in [0, 0.05) is 23.7 Å². The molecule has 0 aliphatic heterocycles. The highest BCUT2D eigenvalue weighted by Gasteiger charge is 2.19. The Morgan fingerprint density at radius 3 is 2.85 bits per heavy atom. The fourth-order valence-electron chi connectivity index (χ4n) is 2.47. The highest BCUT2D eigenvalue weighted by Crippen LogP contribution is 2.34. The second-order valence-electron chi connectivity index (χ2n) is 4.63. The fraction of sp³-hybridized carbons (Fsp3) is 0.143. The first kappa shape index (κ1) is 12.4. The van der Waals surface area contributed by atoms with Crippen molar-refractivity contribution < 1.29 is 14.3 Å². The van der Waals surface area contributed by atoms with Crippen molar-refractivity contribution in [1.29, 1.82) is 0 Å². The maximum absolute atomic E-state index is 13.9. The average Bonchev–Trinajstić information content (AvgIpc) is 2.96. The lowest BCUT2D eigenvalue weighted by atomic mass is 10.1. The number of para-hydroxylation sites is 1. The predicted octanol–water partition coefficient (Wildman–Crippen LogP) is 2.71. The number of aromatic nitrogens is 3. The van der Waals surface area contributed by atoms with Gasteiger partial charge in [-0.3, -0.25) is 5.10 Å². The molecule has 5 nitrogen and oxygen atoms in total. The molecule has 0 bridgehead atoms. The quantitative estimate of drug-likeness (QED) is 0.754. The molecule has 20 heavy (non-hydrogen) atoms. The largest absolute Gasteiger partial charge is 0.477 e. The predicted molar refractivity (Wildman–Crippen MR) is 72.2 cm³/mol. The zero-order chi connectivity index (χ0) is 14.4. The number of carboxylic acids is 1. The summed E-state index contributed by atoms with van der Waals surface area (Å²) in [5.74, 6) is -1.39. The molecule has 0 aliphatic carbocycles. The van der Waals surface area contributed by atoms with Gasteiger partial charge >= 0.3 is 5.97 Å². The molecule has 0 aliphatic rings. The summed E-state index contributed by atoms with van der Waals surface area (Å²) >= 11 is 0. The summed E-state index contributed by atoms with van der Waals surface area (Å²) in [4.78, 5) is 10.9. The number of carbonyl (C=O) groups is 1. The SMILES string of the molecule is Cc1c(-c2cc(C(=O)O)[nH]n2)c2cccc(F)c2n1C. The van der Waals surface area contributed by atoms with Crippen LogP contribution in [0.1, 0.15) is 16.2 Å². The van der Waals surface area contributed by atoms with Crippen molar-refractivity contribution in [1.82, 2.24) is 14.8 Å². The molecule has 2 aromatic heterocycles. The van der Waals surface area contributed by atoms with Crippen LogP contribution in [0.4, 0.5) is 4.39 Å². The van der Waals surface area contributed by atoms with Crippen LogP contribution in [-0.2, 0) is 7.05 Å². The number of rotatable bonds is 2. The lowest BCUT2D eigenvalue weighted by Crippen LogP contribution is -1.95. The fourth-order valence-corrected chi connectivity index (χ4v) is 2.47. The first-order valence-electron chi connectivity index (χ1n) is 6.03. The van der Waals surface area contributed by atoms with E-state index >= 15 is 0 Å². The van der Waals surface area contributed by atoms with E-state index in [2.05, 4.69) is 10.2 Å². The van der Waals surface area contributed by atoms with Crippen LogP contribution >= 0.6 is 0 Å². The number of aryl methyl sites for hydroxylation is 1. The minimum absolute atomic E-state index is 0.00723. The van der Waals surface area contributed by atoms with Gasteiger partial charge in [0.15, 0.2) is 0 Å². The van der Waals surface area contributed by atoms with Crippen molar-refractivity contribution in [2.75, 3.05) is 0 Å². The smallest absolute Gasteiger partial charge is 0.353 e. The van der Waals surface area contributed by atoms with Crippen molar-refractivity contribution in [3.8, 4) is 11.3 Å². The highest BCUT2D eigenvalue weighted by atomic mass is 19.1. The van der Waals surface area contributed by atoms with Gasteiger partial charge in [0.05, 0.1) is 11.2 Å². The van der Waals surface area contributed by atoms with Gasteiger partial charge in [0.25, 0.3) is 0 Å². The molecule has 0 amide bonds. The van der Waals surface area contributed by atoms with Gasteiger partial charge in [-0.25, -0.2) is 9.18 Å². The van der Waals surface area contributed by atoms with Crippen LogP contribution in [0, 0.1) is 12.7 Å². The normalized spacial score (nSPS) is 11.2. The van der Waals surface area contributed by atoms with Gasteiger partial charge in [-0.2, -0.15) is 5.10 Å². The number of carboxylic acid groups (broad SMARTS) is 1. The van der Waals surface area contributed by atoms with Crippen LogP contribution in [0.25, 0.3) is 22.2 Å². The molecule has 0 saturated heterocycles.